The lowest BCUT2D eigenvalue weighted by atomic mass is 10.1. The van der Waals surface area contributed by atoms with E-state index in [1.165, 1.54) is 0 Å². The molecule has 1 saturated heterocycles. The number of carbonyl (C=O) groups is 2. The summed E-state index contributed by atoms with van der Waals surface area (Å²) in [4.78, 5) is 32.0. The Bertz CT molecular complexity index is 820. The second kappa shape index (κ2) is 6.86. The van der Waals surface area contributed by atoms with Gasteiger partial charge in [-0.2, -0.15) is 4.98 Å². The summed E-state index contributed by atoms with van der Waals surface area (Å²) < 4.78 is 11.2. The third-order valence-electron chi connectivity index (χ3n) is 4.41. The number of ether oxygens (including phenoxy) is 1. The first-order valence-electron chi connectivity index (χ1n) is 8.71. The molecule has 0 saturated carbocycles. The minimum atomic E-state index is -0.544. The average molecular weight is 360 g/mol. The number of amides is 2. The van der Waals surface area contributed by atoms with Crippen LogP contribution < -0.4 is 10.6 Å². The van der Waals surface area contributed by atoms with Crippen LogP contribution in [0.15, 0.2) is 22.6 Å². The van der Waals surface area contributed by atoms with Gasteiger partial charge < -0.3 is 24.7 Å². The number of fused-ring (bicyclic) bond motifs is 1. The second-order valence-electron chi connectivity index (χ2n) is 6.96. The number of para-hydroxylation sites is 1. The van der Waals surface area contributed by atoms with E-state index in [0.717, 1.165) is 0 Å². The Morgan fingerprint density at radius 3 is 2.50 bits per heavy atom. The number of nitrogens with two attached hydrogens (primary N) is 1. The van der Waals surface area contributed by atoms with Gasteiger partial charge in [0, 0.05) is 25.2 Å². The lowest BCUT2D eigenvalue weighted by molar-refractivity contribution is 0.0665. The predicted molar refractivity (Wildman–Crippen MR) is 97.1 cm³/mol. The van der Waals surface area contributed by atoms with Crippen LogP contribution in [0.3, 0.4) is 0 Å². The quantitative estimate of drug-likeness (QED) is 0.901. The largest absolute Gasteiger partial charge is 0.447 e. The molecule has 1 aromatic carbocycles. The Hall–Kier alpha value is -2.77. The fourth-order valence-electron chi connectivity index (χ4n) is 3.37. The lowest BCUT2D eigenvalue weighted by Gasteiger charge is -2.43. The highest BCUT2D eigenvalue weighted by atomic mass is 16.6. The van der Waals surface area contributed by atoms with Gasteiger partial charge in [0.25, 0.3) is 11.9 Å². The number of nitrogens with zero attached hydrogens (tertiary/aromatic N) is 3. The van der Waals surface area contributed by atoms with Gasteiger partial charge in [-0.3, -0.25) is 4.79 Å². The number of primary amides is 1. The maximum Gasteiger partial charge on any atom is 0.410 e. The van der Waals surface area contributed by atoms with Crippen molar-refractivity contribution in [1.82, 2.24) is 9.88 Å². The van der Waals surface area contributed by atoms with Crippen LogP contribution in [0, 0.1) is 0 Å². The summed E-state index contributed by atoms with van der Waals surface area (Å²) in [7, 11) is 0. The molecule has 8 nitrogen and oxygen atoms in total. The number of rotatable bonds is 3. The van der Waals surface area contributed by atoms with Crippen LogP contribution in [0.5, 0.6) is 0 Å². The molecule has 0 bridgehead atoms. The molecule has 0 unspecified atom stereocenters. The highest BCUT2D eigenvalue weighted by molar-refractivity contribution is 6.03. The fraction of sp³-hybridized carbons (Fsp3) is 0.500. The van der Waals surface area contributed by atoms with Gasteiger partial charge in [0.05, 0.1) is 11.7 Å². The van der Waals surface area contributed by atoms with Crippen LogP contribution in [-0.4, -0.2) is 53.2 Å². The Balaban J connectivity index is 1.86. The number of aromatic nitrogens is 1. The molecular formula is C18H24N4O4. The first-order valence-corrected chi connectivity index (χ1v) is 8.71. The second-order valence-corrected chi connectivity index (χ2v) is 6.96. The summed E-state index contributed by atoms with van der Waals surface area (Å²) in [5.74, 6) is -0.544. The molecule has 1 fully saturated rings. The highest BCUT2D eigenvalue weighted by Crippen LogP contribution is 2.29. The van der Waals surface area contributed by atoms with Gasteiger partial charge in [-0.15, -0.1) is 0 Å². The van der Waals surface area contributed by atoms with Gasteiger partial charge in [-0.05, 0) is 39.8 Å². The summed E-state index contributed by atoms with van der Waals surface area (Å²) in [5, 5.41) is 0. The van der Waals surface area contributed by atoms with Gasteiger partial charge in [0.15, 0.2) is 5.58 Å². The molecule has 2 heterocycles. The van der Waals surface area contributed by atoms with Crippen molar-refractivity contribution < 1.29 is 18.7 Å². The minimum absolute atomic E-state index is 0.0245. The van der Waals surface area contributed by atoms with Gasteiger partial charge in [-0.1, -0.05) is 6.07 Å². The van der Waals surface area contributed by atoms with E-state index in [1.54, 1.807) is 23.1 Å². The Morgan fingerprint density at radius 2 is 1.92 bits per heavy atom. The third kappa shape index (κ3) is 3.31. The van der Waals surface area contributed by atoms with E-state index in [0.29, 0.717) is 35.8 Å². The van der Waals surface area contributed by atoms with Crippen LogP contribution in [0.4, 0.5) is 10.8 Å². The topological polar surface area (TPSA) is 102 Å². The van der Waals surface area contributed by atoms with Crippen LogP contribution >= 0.6 is 0 Å². The van der Waals surface area contributed by atoms with E-state index >= 15 is 0 Å². The zero-order valence-electron chi connectivity index (χ0n) is 15.4. The number of hydrogen-bond donors (Lipinski definition) is 1. The fourth-order valence-corrected chi connectivity index (χ4v) is 3.37. The molecule has 2 atom stereocenters. The molecule has 0 spiro atoms. The van der Waals surface area contributed by atoms with Crippen molar-refractivity contribution in [3.05, 3.63) is 23.8 Å². The molecule has 3 rings (SSSR count). The molecule has 0 radical (unpaired) electrons. The number of benzene rings is 1. The van der Waals surface area contributed by atoms with E-state index in [4.69, 9.17) is 14.9 Å². The highest BCUT2D eigenvalue weighted by Gasteiger charge is 2.35. The van der Waals surface area contributed by atoms with E-state index in [2.05, 4.69) is 4.98 Å². The molecule has 2 N–H and O–H groups in total. The first kappa shape index (κ1) is 18.0. The van der Waals surface area contributed by atoms with Crippen molar-refractivity contribution >= 4 is 29.1 Å². The van der Waals surface area contributed by atoms with Gasteiger partial charge >= 0.3 is 6.09 Å². The lowest BCUT2D eigenvalue weighted by Crippen LogP contribution is -2.58. The van der Waals surface area contributed by atoms with E-state index in [9.17, 15) is 9.59 Å². The van der Waals surface area contributed by atoms with E-state index in [-0.39, 0.29) is 24.3 Å². The van der Waals surface area contributed by atoms with Crippen molar-refractivity contribution in [2.75, 3.05) is 18.0 Å². The minimum Gasteiger partial charge on any atom is -0.447 e. The number of carbonyl (C=O) groups excluding carboxylic acids is 2. The Morgan fingerprint density at radius 1 is 1.27 bits per heavy atom. The number of oxazole rings is 1. The normalized spacial score (nSPS) is 20.7. The smallest absolute Gasteiger partial charge is 0.410 e. The Kier molecular flexibility index (Phi) is 4.76. The summed E-state index contributed by atoms with van der Waals surface area (Å²) in [6.45, 7) is 8.64. The van der Waals surface area contributed by atoms with Crippen LogP contribution in [0.1, 0.15) is 38.1 Å². The maximum atomic E-state index is 12.2. The number of hydrogen-bond acceptors (Lipinski definition) is 6. The third-order valence-corrected chi connectivity index (χ3v) is 4.41. The molecular weight excluding hydrogens is 336 g/mol. The molecule has 1 aromatic heterocycles. The Labute approximate surface area is 151 Å². The summed E-state index contributed by atoms with van der Waals surface area (Å²) in [6, 6.07) is 5.47. The van der Waals surface area contributed by atoms with Gasteiger partial charge in [0.2, 0.25) is 0 Å². The molecule has 2 amide bonds. The molecule has 1 aliphatic rings. The summed E-state index contributed by atoms with van der Waals surface area (Å²) in [6.07, 6.45) is -0.470. The molecule has 26 heavy (non-hydrogen) atoms. The zero-order valence-corrected chi connectivity index (χ0v) is 15.4. The molecule has 1 aliphatic heterocycles. The SMILES string of the molecule is CC(C)OC(=O)N1C[C@H](C)N(c2nc3c(C(N)=O)cccc3o2)[C@@H](C)C1. The summed E-state index contributed by atoms with van der Waals surface area (Å²) in [5.41, 5.74) is 6.72. The first-order chi connectivity index (χ1) is 12.3. The number of piperazine rings is 1. The van der Waals surface area contributed by atoms with Crippen molar-refractivity contribution in [3.63, 3.8) is 0 Å². The van der Waals surface area contributed by atoms with E-state index in [1.807, 2.05) is 32.6 Å². The zero-order chi connectivity index (χ0) is 19.0. The van der Waals surface area contributed by atoms with Gasteiger partial charge in [0.1, 0.15) is 5.52 Å². The van der Waals surface area contributed by atoms with Crippen molar-refractivity contribution in [2.45, 2.75) is 45.9 Å². The van der Waals surface area contributed by atoms with Crippen LogP contribution in [0.25, 0.3) is 11.1 Å². The molecule has 8 heteroatoms. The van der Waals surface area contributed by atoms with Crippen molar-refractivity contribution in [1.29, 1.82) is 0 Å². The predicted octanol–water partition coefficient (Wildman–Crippen LogP) is 2.37. The molecule has 2 aromatic rings. The average Bonchev–Trinajstić information content (AvgIpc) is 2.96. The van der Waals surface area contributed by atoms with Crippen LogP contribution in [-0.2, 0) is 4.74 Å². The maximum absolute atomic E-state index is 12.2. The standard InChI is InChI=1S/C18H24N4O4/c1-10(2)25-18(24)21-8-11(3)22(12(4)9-21)17-20-15-13(16(19)23)6-5-7-14(15)26-17/h5-7,10-12H,8-9H2,1-4H3,(H2,19,23)/t11-,12-/m0/s1. The number of anilines is 1. The molecule has 0 aliphatic carbocycles. The summed E-state index contributed by atoms with van der Waals surface area (Å²) >= 11 is 0. The monoisotopic (exact) mass is 360 g/mol. The van der Waals surface area contributed by atoms with Crippen molar-refractivity contribution in [3.8, 4) is 0 Å². The van der Waals surface area contributed by atoms with Crippen LogP contribution in [0.2, 0.25) is 0 Å². The van der Waals surface area contributed by atoms with E-state index < -0.39 is 5.91 Å². The van der Waals surface area contributed by atoms with Gasteiger partial charge in [-0.25, -0.2) is 4.79 Å². The van der Waals surface area contributed by atoms with Crippen molar-refractivity contribution in [2.24, 2.45) is 5.73 Å². The molecule has 140 valence electrons.